The van der Waals surface area contributed by atoms with Crippen molar-refractivity contribution in [3.63, 3.8) is 0 Å². The Balaban J connectivity index is 1.61. The van der Waals surface area contributed by atoms with Gasteiger partial charge in [-0.15, -0.1) is 11.8 Å². The minimum absolute atomic E-state index is 0.408. The molecular weight excluding hydrogens is 316 g/mol. The van der Waals surface area contributed by atoms with Crippen LogP contribution in [0.5, 0.6) is 0 Å². The minimum Gasteiger partial charge on any atom is -0.349 e. The average Bonchev–Trinajstić information content (AvgIpc) is 2.66. The summed E-state index contributed by atoms with van der Waals surface area (Å²) in [5, 5.41) is 0.878. The first-order valence-corrected chi connectivity index (χ1v) is 10.0. The molecule has 3 aliphatic rings. The maximum atomic E-state index is 6.30. The van der Waals surface area contributed by atoms with Crippen molar-refractivity contribution >= 4 is 11.8 Å². The lowest BCUT2D eigenvalue weighted by atomic mass is 9.93. The summed E-state index contributed by atoms with van der Waals surface area (Å²) in [6, 6.07) is 10.8. The standard InChI is InChI=1S/C21H26O2S/c1-16-14-22-21(23-15-16)12-19(17-8-4-2-5-9-17)24-20(13-21)18-10-6-3-7-11-18/h2,4-6,8-11,16,19-20H,3,7,12-15H2,1H3. The first-order chi connectivity index (χ1) is 11.7. The lowest BCUT2D eigenvalue weighted by Crippen LogP contribution is -2.48. The fourth-order valence-corrected chi connectivity index (χ4v) is 5.53. The van der Waals surface area contributed by atoms with Crippen LogP contribution in [0.15, 0.2) is 54.1 Å². The van der Waals surface area contributed by atoms with Gasteiger partial charge in [-0.3, -0.25) is 0 Å². The number of hydrogen-bond acceptors (Lipinski definition) is 3. The molecule has 1 spiro atoms. The molecule has 2 aliphatic heterocycles. The highest BCUT2D eigenvalue weighted by Crippen LogP contribution is 2.52. The summed E-state index contributed by atoms with van der Waals surface area (Å²) in [7, 11) is 0. The van der Waals surface area contributed by atoms with E-state index < -0.39 is 5.79 Å². The van der Waals surface area contributed by atoms with Gasteiger partial charge in [0.1, 0.15) is 0 Å². The topological polar surface area (TPSA) is 18.5 Å². The number of allylic oxidation sites excluding steroid dienone is 3. The third-order valence-corrected chi connectivity index (χ3v) is 6.68. The van der Waals surface area contributed by atoms with Crippen LogP contribution >= 0.6 is 11.8 Å². The van der Waals surface area contributed by atoms with E-state index in [0.29, 0.717) is 16.4 Å². The summed E-state index contributed by atoms with van der Waals surface area (Å²) in [6.07, 6.45) is 11.3. The smallest absolute Gasteiger partial charge is 0.171 e. The molecule has 128 valence electrons. The van der Waals surface area contributed by atoms with Crippen molar-refractivity contribution in [1.82, 2.24) is 0 Å². The summed E-state index contributed by atoms with van der Waals surface area (Å²) in [5.41, 5.74) is 2.84. The molecule has 3 heteroatoms. The maximum Gasteiger partial charge on any atom is 0.171 e. The highest BCUT2D eigenvalue weighted by molar-refractivity contribution is 8.00. The predicted octanol–water partition coefficient (Wildman–Crippen LogP) is 5.28. The molecule has 0 aromatic heterocycles. The minimum atomic E-state index is -0.408. The molecule has 2 nitrogen and oxygen atoms in total. The quantitative estimate of drug-likeness (QED) is 0.728. The van der Waals surface area contributed by atoms with E-state index in [1.165, 1.54) is 17.6 Å². The Morgan fingerprint density at radius 3 is 2.46 bits per heavy atom. The van der Waals surface area contributed by atoms with Gasteiger partial charge in [0.05, 0.1) is 13.2 Å². The van der Waals surface area contributed by atoms with Crippen LogP contribution < -0.4 is 0 Å². The third-order valence-electron chi connectivity index (χ3n) is 5.15. The summed E-state index contributed by atoms with van der Waals surface area (Å²) in [4.78, 5) is 0. The van der Waals surface area contributed by atoms with Crippen molar-refractivity contribution in [2.75, 3.05) is 13.2 Å². The molecule has 24 heavy (non-hydrogen) atoms. The van der Waals surface area contributed by atoms with Crippen molar-refractivity contribution in [2.24, 2.45) is 5.92 Å². The van der Waals surface area contributed by atoms with Gasteiger partial charge in [0, 0.05) is 29.3 Å². The van der Waals surface area contributed by atoms with E-state index in [9.17, 15) is 0 Å². The Labute approximate surface area is 149 Å². The van der Waals surface area contributed by atoms with Crippen LogP contribution in [0.1, 0.15) is 43.4 Å². The van der Waals surface area contributed by atoms with Crippen molar-refractivity contribution in [1.29, 1.82) is 0 Å². The Kier molecular flexibility index (Phi) is 4.84. The second-order valence-corrected chi connectivity index (χ2v) is 8.66. The normalized spacial score (nSPS) is 36.5. The summed E-state index contributed by atoms with van der Waals surface area (Å²) >= 11 is 2.08. The van der Waals surface area contributed by atoms with E-state index >= 15 is 0 Å². The van der Waals surface area contributed by atoms with Crippen molar-refractivity contribution < 1.29 is 9.47 Å². The first kappa shape index (κ1) is 16.4. The second kappa shape index (κ2) is 7.07. The molecule has 0 radical (unpaired) electrons. The molecule has 2 fully saturated rings. The molecule has 0 N–H and O–H groups in total. The molecule has 0 amide bonds. The van der Waals surface area contributed by atoms with Gasteiger partial charge in [-0.25, -0.2) is 0 Å². The lowest BCUT2D eigenvalue weighted by molar-refractivity contribution is -0.288. The van der Waals surface area contributed by atoms with Gasteiger partial charge in [-0.05, 0) is 24.0 Å². The van der Waals surface area contributed by atoms with Crippen molar-refractivity contribution in [3.8, 4) is 0 Å². The van der Waals surface area contributed by atoms with Crippen LogP contribution in [0.3, 0.4) is 0 Å². The summed E-state index contributed by atoms with van der Waals surface area (Å²) in [5.74, 6) is 0.0855. The van der Waals surface area contributed by atoms with E-state index in [4.69, 9.17) is 9.47 Å². The highest BCUT2D eigenvalue weighted by atomic mass is 32.2. The number of rotatable bonds is 2. The Morgan fingerprint density at radius 2 is 1.75 bits per heavy atom. The molecular formula is C21H26O2S. The van der Waals surface area contributed by atoms with Gasteiger partial charge in [-0.2, -0.15) is 0 Å². The van der Waals surface area contributed by atoms with Crippen LogP contribution in [-0.2, 0) is 9.47 Å². The fraction of sp³-hybridized carbons (Fsp3) is 0.524. The van der Waals surface area contributed by atoms with Crippen molar-refractivity contribution in [3.05, 3.63) is 59.7 Å². The number of benzene rings is 1. The molecule has 1 aromatic rings. The van der Waals surface area contributed by atoms with Crippen LogP contribution in [0.4, 0.5) is 0 Å². The molecule has 2 atom stereocenters. The van der Waals surface area contributed by atoms with Crippen LogP contribution in [0.2, 0.25) is 0 Å². The molecule has 0 saturated carbocycles. The molecule has 2 unspecified atom stereocenters. The van der Waals surface area contributed by atoms with Gasteiger partial charge in [0.15, 0.2) is 5.79 Å². The van der Waals surface area contributed by atoms with Gasteiger partial charge >= 0.3 is 0 Å². The van der Waals surface area contributed by atoms with E-state index in [1.807, 2.05) is 0 Å². The molecule has 2 heterocycles. The van der Waals surface area contributed by atoms with Gasteiger partial charge in [0.25, 0.3) is 0 Å². The SMILES string of the molecule is CC1COC2(CC(C3=CCCC=C3)SC(c3ccccc3)C2)OC1. The molecule has 1 aliphatic carbocycles. The zero-order valence-corrected chi connectivity index (χ0v) is 15.1. The van der Waals surface area contributed by atoms with Crippen LogP contribution in [0.25, 0.3) is 0 Å². The molecule has 1 aromatic carbocycles. The Hall–Kier alpha value is -1.03. The van der Waals surface area contributed by atoms with Gasteiger partial charge in [0.2, 0.25) is 0 Å². The van der Waals surface area contributed by atoms with Crippen LogP contribution in [0, 0.1) is 5.92 Å². The highest BCUT2D eigenvalue weighted by Gasteiger charge is 2.46. The largest absolute Gasteiger partial charge is 0.349 e. The number of hydrogen-bond donors (Lipinski definition) is 0. The first-order valence-electron chi connectivity index (χ1n) is 9.09. The van der Waals surface area contributed by atoms with E-state index in [2.05, 4.69) is 67.2 Å². The lowest BCUT2D eigenvalue weighted by Gasteiger charge is -2.47. The van der Waals surface area contributed by atoms with E-state index in [1.54, 1.807) is 0 Å². The molecule has 2 saturated heterocycles. The number of ether oxygens (including phenoxy) is 2. The maximum absolute atomic E-state index is 6.30. The number of thioether (sulfide) groups is 1. The summed E-state index contributed by atoms with van der Waals surface area (Å²) < 4.78 is 12.6. The predicted molar refractivity (Wildman–Crippen MR) is 100 cm³/mol. The Bertz CT molecular complexity index is 614. The fourth-order valence-electron chi connectivity index (χ4n) is 3.79. The van der Waals surface area contributed by atoms with E-state index in [-0.39, 0.29) is 0 Å². The van der Waals surface area contributed by atoms with Crippen LogP contribution in [-0.4, -0.2) is 24.3 Å². The van der Waals surface area contributed by atoms with E-state index in [0.717, 1.165) is 32.5 Å². The summed E-state index contributed by atoms with van der Waals surface area (Å²) in [6.45, 7) is 3.82. The average molecular weight is 343 g/mol. The monoisotopic (exact) mass is 342 g/mol. The zero-order valence-electron chi connectivity index (χ0n) is 14.3. The van der Waals surface area contributed by atoms with Gasteiger partial charge in [-0.1, -0.05) is 55.5 Å². The zero-order chi connectivity index (χ0) is 16.4. The Morgan fingerprint density at radius 1 is 1.00 bits per heavy atom. The second-order valence-electron chi connectivity index (χ2n) is 7.25. The van der Waals surface area contributed by atoms with Gasteiger partial charge < -0.3 is 9.47 Å². The molecule has 0 bridgehead atoms. The van der Waals surface area contributed by atoms with Crippen molar-refractivity contribution in [2.45, 2.75) is 48.9 Å². The molecule has 4 rings (SSSR count). The third kappa shape index (κ3) is 3.49.